The van der Waals surface area contributed by atoms with Crippen LogP contribution in [0.2, 0.25) is 0 Å². The van der Waals surface area contributed by atoms with Crippen LogP contribution in [0.4, 0.5) is 0 Å². The van der Waals surface area contributed by atoms with Gasteiger partial charge in [0.2, 0.25) is 5.91 Å². The number of nitrogens with zero attached hydrogens (tertiary/aromatic N) is 1. The van der Waals surface area contributed by atoms with Crippen LogP contribution in [0.15, 0.2) is 0 Å². The molecule has 0 bridgehead atoms. The van der Waals surface area contributed by atoms with Gasteiger partial charge in [0, 0.05) is 6.54 Å². The van der Waals surface area contributed by atoms with E-state index in [-0.39, 0.29) is 6.04 Å². The van der Waals surface area contributed by atoms with Crippen LogP contribution in [0.1, 0.15) is 40.5 Å². The summed E-state index contributed by atoms with van der Waals surface area (Å²) in [4.78, 5) is 14.2. The first-order chi connectivity index (χ1) is 7.45. The number of carbonyl (C=O) groups is 1. The second kappa shape index (κ2) is 4.02. The van der Waals surface area contributed by atoms with E-state index in [4.69, 9.17) is 0 Å². The van der Waals surface area contributed by atoms with Crippen molar-refractivity contribution in [3.63, 3.8) is 0 Å². The summed E-state index contributed by atoms with van der Waals surface area (Å²) < 4.78 is 0. The molecule has 3 nitrogen and oxygen atoms in total. The fourth-order valence-electron chi connectivity index (χ4n) is 2.56. The number of nitrogens with one attached hydrogen (secondary N) is 1. The third-order valence-corrected chi connectivity index (χ3v) is 4.45. The molecule has 3 unspecified atom stereocenters. The Hall–Kier alpha value is -0.570. The Balaban J connectivity index is 1.88. The van der Waals surface area contributed by atoms with Gasteiger partial charge in [-0.1, -0.05) is 34.1 Å². The molecule has 0 aromatic rings. The van der Waals surface area contributed by atoms with Crippen LogP contribution < -0.4 is 5.32 Å². The smallest absolute Gasteiger partial charge is 0.241 e. The van der Waals surface area contributed by atoms with Crippen LogP contribution in [0, 0.1) is 17.3 Å². The average Bonchev–Trinajstić information content (AvgIpc) is 2.65. The third kappa shape index (κ3) is 2.10. The molecular formula is C13H24N2O. The second-order valence-corrected chi connectivity index (χ2v) is 6.18. The maximum absolute atomic E-state index is 12.1. The van der Waals surface area contributed by atoms with Gasteiger partial charge in [-0.2, -0.15) is 0 Å². The van der Waals surface area contributed by atoms with Crippen molar-refractivity contribution in [3.8, 4) is 0 Å². The van der Waals surface area contributed by atoms with E-state index in [0.29, 0.717) is 23.2 Å². The van der Waals surface area contributed by atoms with E-state index in [1.165, 1.54) is 6.42 Å². The van der Waals surface area contributed by atoms with E-state index >= 15 is 0 Å². The largest absolute Gasteiger partial charge is 0.328 e. The highest BCUT2D eigenvalue weighted by Crippen LogP contribution is 2.51. The molecule has 1 aliphatic carbocycles. The van der Waals surface area contributed by atoms with Gasteiger partial charge in [-0.3, -0.25) is 10.1 Å². The summed E-state index contributed by atoms with van der Waals surface area (Å²) >= 11 is 0. The molecule has 0 spiro atoms. The molecule has 92 valence electrons. The van der Waals surface area contributed by atoms with E-state index in [2.05, 4.69) is 33.0 Å². The predicted molar refractivity (Wildman–Crippen MR) is 64.8 cm³/mol. The molecule has 2 rings (SSSR count). The Bertz CT molecular complexity index is 288. The molecule has 1 amide bonds. The highest BCUT2D eigenvalue weighted by molar-refractivity contribution is 5.84. The SMILES string of the molecule is CCC(C)C1NCN(CC2CC2(C)C)C1=O. The average molecular weight is 224 g/mol. The summed E-state index contributed by atoms with van der Waals surface area (Å²) in [6.07, 6.45) is 2.33. The summed E-state index contributed by atoms with van der Waals surface area (Å²) in [6, 6.07) is 0.0619. The monoisotopic (exact) mass is 224 g/mol. The molecule has 1 saturated heterocycles. The molecule has 0 aromatic heterocycles. The van der Waals surface area contributed by atoms with Crippen molar-refractivity contribution in [1.82, 2.24) is 10.2 Å². The van der Waals surface area contributed by atoms with Gasteiger partial charge < -0.3 is 4.90 Å². The Kier molecular flexibility index (Phi) is 2.99. The molecule has 2 fully saturated rings. The summed E-state index contributed by atoms with van der Waals surface area (Å²) in [5.41, 5.74) is 0.467. The summed E-state index contributed by atoms with van der Waals surface area (Å²) in [7, 11) is 0. The lowest BCUT2D eigenvalue weighted by atomic mass is 9.99. The number of rotatable bonds is 4. The minimum Gasteiger partial charge on any atom is -0.328 e. The topological polar surface area (TPSA) is 32.3 Å². The molecule has 1 heterocycles. The molecular weight excluding hydrogens is 200 g/mol. The van der Waals surface area contributed by atoms with Gasteiger partial charge in [0.05, 0.1) is 12.7 Å². The van der Waals surface area contributed by atoms with Gasteiger partial charge >= 0.3 is 0 Å². The highest BCUT2D eigenvalue weighted by atomic mass is 16.2. The number of hydrogen-bond acceptors (Lipinski definition) is 2. The zero-order valence-electron chi connectivity index (χ0n) is 10.9. The van der Waals surface area contributed by atoms with Crippen LogP contribution in [0.5, 0.6) is 0 Å². The van der Waals surface area contributed by atoms with Gasteiger partial charge in [0.25, 0.3) is 0 Å². The number of hydrogen-bond donors (Lipinski definition) is 1. The van der Waals surface area contributed by atoms with E-state index < -0.39 is 0 Å². The first-order valence-corrected chi connectivity index (χ1v) is 6.48. The van der Waals surface area contributed by atoms with E-state index in [1.54, 1.807) is 0 Å². The van der Waals surface area contributed by atoms with Crippen LogP contribution in [-0.4, -0.2) is 30.1 Å². The first kappa shape index (κ1) is 11.9. The summed E-state index contributed by atoms with van der Waals surface area (Å²) in [6.45, 7) is 10.6. The van der Waals surface area contributed by atoms with Crippen molar-refractivity contribution < 1.29 is 4.79 Å². The predicted octanol–water partition coefficient (Wildman–Crippen LogP) is 1.84. The van der Waals surface area contributed by atoms with Gasteiger partial charge in [0.1, 0.15) is 0 Å². The van der Waals surface area contributed by atoms with Crippen molar-refractivity contribution in [3.05, 3.63) is 0 Å². The molecule has 3 heteroatoms. The van der Waals surface area contributed by atoms with Crippen molar-refractivity contribution in [2.45, 2.75) is 46.6 Å². The lowest BCUT2D eigenvalue weighted by molar-refractivity contribution is -0.130. The van der Waals surface area contributed by atoms with Crippen LogP contribution in [0.3, 0.4) is 0 Å². The maximum Gasteiger partial charge on any atom is 0.241 e. The lowest BCUT2D eigenvalue weighted by Crippen LogP contribution is -2.36. The van der Waals surface area contributed by atoms with Crippen LogP contribution in [-0.2, 0) is 4.79 Å². The Morgan fingerprint density at radius 2 is 2.19 bits per heavy atom. The zero-order valence-corrected chi connectivity index (χ0v) is 10.9. The van der Waals surface area contributed by atoms with E-state index in [9.17, 15) is 4.79 Å². The van der Waals surface area contributed by atoms with Crippen LogP contribution >= 0.6 is 0 Å². The maximum atomic E-state index is 12.1. The van der Waals surface area contributed by atoms with Crippen LogP contribution in [0.25, 0.3) is 0 Å². The Morgan fingerprint density at radius 1 is 1.56 bits per heavy atom. The molecule has 3 atom stereocenters. The van der Waals surface area contributed by atoms with Crippen molar-refractivity contribution in [2.24, 2.45) is 17.3 Å². The number of carbonyl (C=O) groups excluding carboxylic acids is 1. The zero-order chi connectivity index (χ0) is 11.9. The quantitative estimate of drug-likeness (QED) is 0.790. The summed E-state index contributed by atoms with van der Waals surface area (Å²) in [5, 5.41) is 3.34. The first-order valence-electron chi connectivity index (χ1n) is 6.48. The fraction of sp³-hybridized carbons (Fsp3) is 0.923. The Morgan fingerprint density at radius 3 is 2.69 bits per heavy atom. The van der Waals surface area contributed by atoms with Gasteiger partial charge in [0.15, 0.2) is 0 Å². The molecule has 2 aliphatic rings. The molecule has 1 aliphatic heterocycles. The number of amides is 1. The second-order valence-electron chi connectivity index (χ2n) is 6.18. The van der Waals surface area contributed by atoms with E-state index in [1.807, 2.05) is 4.90 Å². The van der Waals surface area contributed by atoms with Gasteiger partial charge in [-0.05, 0) is 23.7 Å². The van der Waals surface area contributed by atoms with Crippen molar-refractivity contribution in [1.29, 1.82) is 0 Å². The lowest BCUT2D eigenvalue weighted by Gasteiger charge is -2.18. The van der Waals surface area contributed by atoms with Crippen molar-refractivity contribution >= 4 is 5.91 Å². The molecule has 1 saturated carbocycles. The molecule has 0 aromatic carbocycles. The standard InChI is InChI=1S/C13H24N2O/c1-5-9(2)11-12(16)15(8-14-11)7-10-6-13(10,3)4/h9-11,14H,5-8H2,1-4H3. The molecule has 16 heavy (non-hydrogen) atoms. The van der Waals surface area contributed by atoms with Gasteiger partial charge in [-0.15, -0.1) is 0 Å². The summed E-state index contributed by atoms with van der Waals surface area (Å²) in [5.74, 6) is 1.48. The Labute approximate surface area is 98.6 Å². The molecule has 0 radical (unpaired) electrons. The normalized spacial score (nSPS) is 34.2. The van der Waals surface area contributed by atoms with Gasteiger partial charge in [-0.25, -0.2) is 0 Å². The third-order valence-electron chi connectivity index (χ3n) is 4.45. The minimum atomic E-state index is 0.0619. The molecule has 1 N–H and O–H groups in total. The van der Waals surface area contributed by atoms with E-state index in [0.717, 1.165) is 19.6 Å². The van der Waals surface area contributed by atoms with Crippen molar-refractivity contribution in [2.75, 3.05) is 13.2 Å². The fourth-order valence-corrected chi connectivity index (χ4v) is 2.56. The minimum absolute atomic E-state index is 0.0619. The highest BCUT2D eigenvalue weighted by Gasteiger charge is 2.48.